The van der Waals surface area contributed by atoms with E-state index >= 15 is 0 Å². The Bertz CT molecular complexity index is 493. The Morgan fingerprint density at radius 3 is 2.38 bits per heavy atom. The van der Waals surface area contributed by atoms with E-state index in [0.29, 0.717) is 0 Å². The third kappa shape index (κ3) is 2.02. The predicted octanol–water partition coefficient (Wildman–Crippen LogP) is 3.14. The maximum atomic E-state index is 13.9. The first kappa shape index (κ1) is 12.0. The Labute approximate surface area is 109 Å². The van der Waals surface area contributed by atoms with E-state index in [1.165, 1.54) is 4.68 Å². The molecule has 0 N–H and O–H groups in total. The highest BCUT2D eigenvalue weighted by Gasteiger charge is 2.25. The lowest BCUT2D eigenvalue weighted by molar-refractivity contribution is 0.308. The van der Waals surface area contributed by atoms with Crippen molar-refractivity contribution in [3.8, 4) is 5.82 Å². The molecule has 0 radical (unpaired) electrons. The van der Waals surface area contributed by atoms with Gasteiger partial charge in [0.15, 0.2) is 0 Å². The molecule has 3 nitrogen and oxygen atoms in total. The number of hydrogen-bond donors (Lipinski definition) is 0. The van der Waals surface area contributed by atoms with Gasteiger partial charge in [-0.15, -0.1) is 0 Å². The molecule has 0 aromatic carbocycles. The Morgan fingerprint density at radius 2 is 1.88 bits per heavy atom. The first-order chi connectivity index (χ1) is 7.41. The predicted molar refractivity (Wildman–Crippen MR) is 73.8 cm³/mol. The van der Waals surface area contributed by atoms with E-state index in [2.05, 4.69) is 14.3 Å². The van der Waals surface area contributed by atoms with E-state index in [-0.39, 0.29) is 0 Å². The van der Waals surface area contributed by atoms with Crippen molar-refractivity contribution < 1.29 is 4.39 Å². The van der Waals surface area contributed by atoms with Crippen LogP contribution in [-0.2, 0) is 3.54 Å². The number of aromatic nitrogens is 3. The van der Waals surface area contributed by atoms with E-state index in [0.717, 1.165) is 17.2 Å². The fourth-order valence-corrected chi connectivity index (χ4v) is 2.30. The molecule has 0 bridgehead atoms. The van der Waals surface area contributed by atoms with Gasteiger partial charge in [0.1, 0.15) is 5.82 Å². The van der Waals surface area contributed by atoms with E-state index < -0.39 is 3.54 Å². The largest absolute Gasteiger partial charge is 0.303 e. The number of hydrogen-bond acceptors (Lipinski definition) is 1. The molecule has 2 aromatic heterocycles. The highest BCUT2D eigenvalue weighted by atomic mass is 127. The van der Waals surface area contributed by atoms with Crippen molar-refractivity contribution in [1.82, 2.24) is 14.3 Å². The lowest BCUT2D eigenvalue weighted by Crippen LogP contribution is -2.19. The van der Waals surface area contributed by atoms with E-state index in [4.69, 9.17) is 0 Å². The zero-order chi connectivity index (χ0) is 11.9. The molecule has 0 aliphatic heterocycles. The van der Waals surface area contributed by atoms with Crippen LogP contribution in [0.5, 0.6) is 0 Å². The van der Waals surface area contributed by atoms with Gasteiger partial charge in [0.25, 0.3) is 3.54 Å². The summed E-state index contributed by atoms with van der Waals surface area (Å²) in [7, 11) is 2.14. The molecule has 16 heavy (non-hydrogen) atoms. The fraction of sp³-hybridized carbons (Fsp3) is 0.300. The average Bonchev–Trinajstić information content (AvgIpc) is 2.72. The Morgan fingerprint density at radius 1 is 1.31 bits per heavy atom. The number of nitrogens with zero attached hydrogens (tertiary/aromatic N) is 3. The molecular weight excluding hydrogens is 339 g/mol. The second-order valence-corrected chi connectivity index (χ2v) is 7.09. The molecule has 0 spiro atoms. The molecule has 0 aliphatic carbocycles. The molecule has 2 rings (SSSR count). The van der Waals surface area contributed by atoms with Gasteiger partial charge < -0.3 is 4.57 Å². The van der Waals surface area contributed by atoms with Crippen molar-refractivity contribution in [3.05, 3.63) is 35.8 Å². The normalized spacial score (nSPS) is 15.1. The van der Waals surface area contributed by atoms with Crippen LogP contribution in [0.1, 0.15) is 11.4 Å². The second-order valence-electron chi connectivity index (χ2n) is 3.64. The molecule has 2 aromatic rings. The average molecular weight is 351 g/mol. The molecule has 0 saturated heterocycles. The third-order valence-corrected chi connectivity index (χ3v) is 3.11. The molecule has 0 amide bonds. The van der Waals surface area contributed by atoms with Gasteiger partial charge in [-0.25, -0.2) is 9.07 Å². The minimum atomic E-state index is -1.61. The summed E-state index contributed by atoms with van der Waals surface area (Å²) in [6.45, 7) is 3.97. The Hall–Kier alpha value is -0.420. The maximum absolute atomic E-state index is 13.9. The monoisotopic (exact) mass is 351 g/mol. The summed E-state index contributed by atoms with van der Waals surface area (Å²) < 4.78 is 15.6. The minimum Gasteiger partial charge on any atom is -0.303 e. The summed E-state index contributed by atoms with van der Waals surface area (Å²) in [5.74, 6) is 0.729. The first-order valence-corrected chi connectivity index (χ1v) is 6.43. The smallest absolute Gasteiger partial charge is 0.264 e. The van der Waals surface area contributed by atoms with Crippen molar-refractivity contribution >= 4 is 31.8 Å². The molecule has 2 atom stereocenters. The van der Waals surface area contributed by atoms with Crippen molar-refractivity contribution in [1.29, 1.82) is 0 Å². The quantitative estimate of drug-likeness (QED) is 0.463. The lowest BCUT2D eigenvalue weighted by Gasteiger charge is -2.18. The number of rotatable bonds is 2. The van der Waals surface area contributed by atoms with Crippen LogP contribution in [0.25, 0.3) is 5.82 Å². The maximum Gasteiger partial charge on any atom is 0.264 e. The molecule has 0 fully saturated rings. The van der Waals surface area contributed by atoms with Crippen LogP contribution in [0.4, 0.5) is 4.39 Å². The molecule has 2 unspecified atom stereocenters. The lowest BCUT2D eigenvalue weighted by atomic mass is 10.5. The van der Waals surface area contributed by atoms with Gasteiger partial charge in [0, 0.05) is 17.5 Å². The van der Waals surface area contributed by atoms with Crippen molar-refractivity contribution in [2.45, 2.75) is 17.4 Å². The first-order valence-electron chi connectivity index (χ1n) is 4.78. The standard InChI is InChI=1S/C10H12FIN3P/c1-7-3-4-8(2)14(7)9-5-6-13-15(9)10(11,12)16/h3-6H,16H2,1-2H3. The summed E-state index contributed by atoms with van der Waals surface area (Å²) in [5.41, 5.74) is 2.12. The molecule has 0 aliphatic rings. The van der Waals surface area contributed by atoms with Crippen LogP contribution in [-0.4, -0.2) is 14.3 Å². The Balaban J connectivity index is 2.62. The molecule has 86 valence electrons. The van der Waals surface area contributed by atoms with E-state index in [9.17, 15) is 4.39 Å². The van der Waals surface area contributed by atoms with E-state index in [1.807, 2.05) is 30.5 Å². The van der Waals surface area contributed by atoms with Gasteiger partial charge in [-0.2, -0.15) is 5.10 Å². The van der Waals surface area contributed by atoms with Crippen LogP contribution in [0.2, 0.25) is 0 Å². The van der Waals surface area contributed by atoms with Crippen molar-refractivity contribution in [2.75, 3.05) is 0 Å². The van der Waals surface area contributed by atoms with Crippen LogP contribution < -0.4 is 0 Å². The number of halogens is 2. The number of alkyl halides is 2. The molecule has 2 heterocycles. The molecule has 6 heteroatoms. The zero-order valence-electron chi connectivity index (χ0n) is 8.98. The summed E-state index contributed by atoms with van der Waals surface area (Å²) in [6, 6.07) is 5.81. The van der Waals surface area contributed by atoms with Crippen LogP contribution in [0, 0.1) is 13.8 Å². The van der Waals surface area contributed by atoms with Gasteiger partial charge in [-0.1, -0.05) is 9.24 Å². The van der Waals surface area contributed by atoms with Gasteiger partial charge in [-0.05, 0) is 48.6 Å². The third-order valence-electron chi connectivity index (χ3n) is 2.41. The second kappa shape index (κ2) is 4.11. The summed E-state index contributed by atoms with van der Waals surface area (Å²) in [5, 5.41) is 4.02. The molecule has 0 saturated carbocycles. The van der Waals surface area contributed by atoms with Crippen molar-refractivity contribution in [3.63, 3.8) is 0 Å². The van der Waals surface area contributed by atoms with Gasteiger partial charge in [0.05, 0.1) is 6.20 Å². The topological polar surface area (TPSA) is 22.8 Å². The van der Waals surface area contributed by atoms with Crippen molar-refractivity contribution in [2.24, 2.45) is 0 Å². The summed E-state index contributed by atoms with van der Waals surface area (Å²) in [6.07, 6.45) is 1.60. The Kier molecular flexibility index (Phi) is 3.09. The van der Waals surface area contributed by atoms with Gasteiger partial charge >= 0.3 is 0 Å². The van der Waals surface area contributed by atoms with Gasteiger partial charge in [0.2, 0.25) is 0 Å². The fourth-order valence-electron chi connectivity index (χ4n) is 1.73. The molecular formula is C10H12FIN3P. The summed E-state index contributed by atoms with van der Waals surface area (Å²) in [4.78, 5) is 0. The minimum absolute atomic E-state index is 0.729. The zero-order valence-corrected chi connectivity index (χ0v) is 12.3. The summed E-state index contributed by atoms with van der Waals surface area (Å²) >= 11 is 1.70. The number of aryl methyl sites for hydroxylation is 2. The van der Waals surface area contributed by atoms with E-state index in [1.54, 1.807) is 34.9 Å². The van der Waals surface area contributed by atoms with Crippen LogP contribution >= 0.6 is 31.8 Å². The van der Waals surface area contributed by atoms with Gasteiger partial charge in [-0.3, -0.25) is 0 Å². The SMILES string of the molecule is Cc1ccc(C)n1-c1ccnn1C(F)(P)I. The highest BCUT2D eigenvalue weighted by molar-refractivity contribution is 14.1. The highest BCUT2D eigenvalue weighted by Crippen LogP contribution is 2.36. The van der Waals surface area contributed by atoms with Crippen LogP contribution in [0.15, 0.2) is 24.4 Å². The van der Waals surface area contributed by atoms with Crippen LogP contribution in [0.3, 0.4) is 0 Å².